The first-order chi connectivity index (χ1) is 17.0. The Morgan fingerprint density at radius 2 is 2.06 bits per heavy atom. The number of aromatic nitrogens is 5. The molecule has 35 heavy (non-hydrogen) atoms. The summed E-state index contributed by atoms with van der Waals surface area (Å²) in [5, 5.41) is 12.1. The number of rotatable bonds is 6. The number of amides is 1. The number of nitrogens with zero attached hydrogens (tertiary/aromatic N) is 5. The van der Waals surface area contributed by atoms with Crippen LogP contribution in [0.1, 0.15) is 46.1 Å². The lowest BCUT2D eigenvalue weighted by molar-refractivity contribution is 0.103. The van der Waals surface area contributed by atoms with Gasteiger partial charge < -0.3 is 19.4 Å². The molecular formula is C24H25FN6O3S. The van der Waals surface area contributed by atoms with Crippen molar-refractivity contribution in [3.05, 3.63) is 46.1 Å². The molecule has 0 spiro atoms. The third-order valence-electron chi connectivity index (χ3n) is 6.05. The maximum Gasteiger partial charge on any atom is 0.266 e. The van der Waals surface area contributed by atoms with Gasteiger partial charge in [-0.1, -0.05) is 6.42 Å². The van der Waals surface area contributed by atoms with E-state index in [0.717, 1.165) is 38.1 Å². The van der Waals surface area contributed by atoms with Crippen LogP contribution < -0.4 is 10.1 Å². The van der Waals surface area contributed by atoms with Crippen LogP contribution in [0.3, 0.4) is 0 Å². The van der Waals surface area contributed by atoms with Crippen molar-refractivity contribution in [2.24, 2.45) is 0 Å². The molecule has 5 rings (SSSR count). The molecule has 0 bridgehead atoms. The van der Waals surface area contributed by atoms with E-state index in [9.17, 15) is 9.18 Å². The van der Waals surface area contributed by atoms with Crippen molar-refractivity contribution in [1.82, 2.24) is 24.7 Å². The number of carbonyl (C=O) groups excluding carboxylic acids is 1. The first-order valence-electron chi connectivity index (χ1n) is 11.4. The summed E-state index contributed by atoms with van der Waals surface area (Å²) in [4.78, 5) is 23.2. The van der Waals surface area contributed by atoms with Crippen LogP contribution in [0.25, 0.3) is 21.6 Å². The lowest BCUT2D eigenvalue weighted by Crippen LogP contribution is -2.12. The van der Waals surface area contributed by atoms with Crippen molar-refractivity contribution in [2.75, 3.05) is 19.5 Å². The fourth-order valence-corrected chi connectivity index (χ4v) is 5.43. The minimum absolute atomic E-state index is 0.232. The molecule has 1 aliphatic rings. The van der Waals surface area contributed by atoms with E-state index < -0.39 is 5.82 Å². The molecule has 0 atom stereocenters. The van der Waals surface area contributed by atoms with Crippen LogP contribution in [0, 0.1) is 12.7 Å². The smallest absolute Gasteiger partial charge is 0.266 e. The number of ether oxygens (including phenoxy) is 2. The lowest BCUT2D eigenvalue weighted by atomic mass is 10.1. The number of methoxy groups -OCH3 is 2. The Morgan fingerprint density at radius 3 is 2.86 bits per heavy atom. The number of nitrogens with one attached hydrogen (secondary N) is 1. The zero-order valence-corrected chi connectivity index (χ0v) is 20.5. The van der Waals surface area contributed by atoms with Gasteiger partial charge >= 0.3 is 0 Å². The number of aryl methyl sites for hydroxylation is 2. The van der Waals surface area contributed by atoms with Crippen molar-refractivity contribution in [3.63, 3.8) is 0 Å². The third-order valence-corrected chi connectivity index (χ3v) is 7.24. The van der Waals surface area contributed by atoms with E-state index in [1.807, 2.05) is 11.5 Å². The van der Waals surface area contributed by atoms with Gasteiger partial charge in [0.2, 0.25) is 5.88 Å². The van der Waals surface area contributed by atoms with E-state index in [4.69, 9.17) is 9.47 Å². The fourth-order valence-electron chi connectivity index (χ4n) is 4.35. The lowest BCUT2D eigenvalue weighted by Gasteiger charge is -2.10. The Hall–Kier alpha value is -3.44. The van der Waals surface area contributed by atoms with E-state index in [1.54, 1.807) is 13.2 Å². The predicted molar refractivity (Wildman–Crippen MR) is 130 cm³/mol. The van der Waals surface area contributed by atoms with Crippen LogP contribution in [0.4, 0.5) is 10.1 Å². The van der Waals surface area contributed by atoms with Crippen LogP contribution in [-0.2, 0) is 24.3 Å². The second-order valence-corrected chi connectivity index (χ2v) is 9.37. The highest BCUT2D eigenvalue weighted by Crippen LogP contribution is 2.36. The van der Waals surface area contributed by atoms with Gasteiger partial charge in [-0.3, -0.25) is 4.79 Å². The molecule has 1 amide bonds. The van der Waals surface area contributed by atoms with Gasteiger partial charge in [-0.2, -0.15) is 4.98 Å². The minimum atomic E-state index is -0.411. The fraction of sp³-hybridized carbons (Fsp3) is 0.375. The van der Waals surface area contributed by atoms with Gasteiger partial charge in [0.05, 0.1) is 22.9 Å². The first kappa shape index (κ1) is 23.3. The number of halogens is 1. The largest absolute Gasteiger partial charge is 0.480 e. The molecule has 0 fully saturated rings. The highest BCUT2D eigenvalue weighted by atomic mass is 32.1. The standard InChI is InChI=1S/C24H25FN6O3S/c1-13-19-23(34-3)27-17(12-33-2)28-24(19)35-20(13)22(32)26-14-8-9-16(25)15(11-14)21-30-29-18-7-5-4-6-10-31(18)21/h8-9,11H,4-7,10,12H2,1-3H3,(H,26,32). The minimum Gasteiger partial charge on any atom is -0.480 e. The predicted octanol–water partition coefficient (Wildman–Crippen LogP) is 4.53. The summed E-state index contributed by atoms with van der Waals surface area (Å²) >= 11 is 1.25. The molecular weight excluding hydrogens is 471 g/mol. The van der Waals surface area contributed by atoms with Crippen LogP contribution in [0.5, 0.6) is 5.88 Å². The molecule has 1 aromatic carbocycles. The van der Waals surface area contributed by atoms with E-state index in [2.05, 4.69) is 25.5 Å². The molecule has 0 saturated heterocycles. The van der Waals surface area contributed by atoms with Crippen LogP contribution in [-0.4, -0.2) is 44.9 Å². The van der Waals surface area contributed by atoms with Gasteiger partial charge in [0.25, 0.3) is 5.91 Å². The molecule has 4 heterocycles. The van der Waals surface area contributed by atoms with Gasteiger partial charge in [-0.25, -0.2) is 9.37 Å². The summed E-state index contributed by atoms with van der Waals surface area (Å²) in [5.41, 5.74) is 1.49. The van der Waals surface area contributed by atoms with Crippen LogP contribution >= 0.6 is 11.3 Å². The number of thiophene rings is 1. The van der Waals surface area contributed by atoms with Gasteiger partial charge in [-0.15, -0.1) is 21.5 Å². The Balaban J connectivity index is 1.47. The number of hydrogen-bond acceptors (Lipinski definition) is 8. The quantitative estimate of drug-likeness (QED) is 0.418. The molecule has 9 nitrogen and oxygen atoms in total. The average Bonchev–Trinajstić information content (AvgIpc) is 3.31. The number of carbonyl (C=O) groups is 1. The third kappa shape index (κ3) is 4.37. The van der Waals surface area contributed by atoms with Crippen molar-refractivity contribution in [1.29, 1.82) is 0 Å². The molecule has 0 unspecified atom stereocenters. The van der Waals surface area contributed by atoms with Gasteiger partial charge in [0.15, 0.2) is 11.6 Å². The molecule has 1 N–H and O–H groups in total. The Bertz CT molecular complexity index is 1420. The van der Waals surface area contributed by atoms with Crippen LogP contribution in [0.15, 0.2) is 18.2 Å². The van der Waals surface area contributed by atoms with E-state index in [-0.39, 0.29) is 12.5 Å². The molecule has 0 saturated carbocycles. The highest BCUT2D eigenvalue weighted by Gasteiger charge is 2.23. The maximum absolute atomic E-state index is 14.8. The summed E-state index contributed by atoms with van der Waals surface area (Å²) < 4.78 is 27.4. The van der Waals surface area contributed by atoms with E-state index in [0.29, 0.717) is 49.4 Å². The summed E-state index contributed by atoms with van der Waals surface area (Å²) in [7, 11) is 3.09. The highest BCUT2D eigenvalue weighted by molar-refractivity contribution is 7.20. The maximum atomic E-state index is 14.8. The number of benzene rings is 1. The molecule has 0 aliphatic carbocycles. The molecule has 1 aliphatic heterocycles. The zero-order chi connectivity index (χ0) is 24.5. The van der Waals surface area contributed by atoms with Crippen molar-refractivity contribution in [2.45, 2.75) is 45.8 Å². The monoisotopic (exact) mass is 496 g/mol. The Morgan fingerprint density at radius 1 is 1.20 bits per heavy atom. The number of fused-ring (bicyclic) bond motifs is 2. The normalized spacial score (nSPS) is 13.5. The average molecular weight is 497 g/mol. The SMILES string of the molecule is COCc1nc(OC)c2c(C)c(C(=O)Nc3ccc(F)c(-c4nnc5n4CCCCC5)c3)sc2n1. The first-order valence-corrected chi connectivity index (χ1v) is 12.2. The van der Waals surface area contributed by atoms with E-state index in [1.165, 1.54) is 30.6 Å². The summed E-state index contributed by atoms with van der Waals surface area (Å²) in [6.45, 7) is 2.81. The zero-order valence-electron chi connectivity index (χ0n) is 19.7. The molecule has 3 aromatic heterocycles. The summed E-state index contributed by atoms with van der Waals surface area (Å²) in [6, 6.07) is 4.48. The molecule has 4 aromatic rings. The van der Waals surface area contributed by atoms with Crippen molar-refractivity contribution >= 4 is 33.1 Å². The van der Waals surface area contributed by atoms with Crippen molar-refractivity contribution < 1.29 is 18.7 Å². The second kappa shape index (κ2) is 9.67. The van der Waals surface area contributed by atoms with Crippen LogP contribution in [0.2, 0.25) is 0 Å². The molecule has 0 radical (unpaired) electrons. The molecule has 182 valence electrons. The van der Waals surface area contributed by atoms with Gasteiger partial charge in [-0.05, 0) is 43.5 Å². The van der Waals surface area contributed by atoms with Crippen molar-refractivity contribution in [3.8, 4) is 17.3 Å². The Kier molecular flexibility index (Phi) is 6.44. The van der Waals surface area contributed by atoms with Gasteiger partial charge in [0.1, 0.15) is 23.1 Å². The van der Waals surface area contributed by atoms with E-state index >= 15 is 0 Å². The number of anilines is 1. The second-order valence-electron chi connectivity index (χ2n) is 8.37. The topological polar surface area (TPSA) is 104 Å². The van der Waals surface area contributed by atoms with Gasteiger partial charge in [0, 0.05) is 25.8 Å². The molecule has 11 heteroatoms. The summed E-state index contributed by atoms with van der Waals surface area (Å²) in [5.74, 6) is 1.49. The number of hydrogen-bond donors (Lipinski definition) is 1. The Labute approximate surface area is 205 Å². The summed E-state index contributed by atoms with van der Waals surface area (Å²) in [6.07, 6.45) is 3.99.